The molecule has 0 aliphatic carbocycles. The molecule has 19 heavy (non-hydrogen) atoms. The number of nitrogens with one attached hydrogen (secondary N) is 2. The van der Waals surface area contributed by atoms with Crippen molar-refractivity contribution in [2.24, 2.45) is 0 Å². The maximum atomic E-state index is 11.9. The third-order valence-corrected chi connectivity index (χ3v) is 3.68. The normalized spacial score (nSPS) is 10.7. The molecule has 0 unspecified atom stereocenters. The van der Waals surface area contributed by atoms with Crippen molar-refractivity contribution in [1.29, 1.82) is 0 Å². The lowest BCUT2D eigenvalue weighted by molar-refractivity contribution is 0.826. The van der Waals surface area contributed by atoms with Crippen molar-refractivity contribution < 1.29 is 0 Å². The van der Waals surface area contributed by atoms with Gasteiger partial charge in [0.05, 0.1) is 5.69 Å². The first-order valence-corrected chi connectivity index (χ1v) is 7.06. The lowest BCUT2D eigenvalue weighted by atomic mass is 10.0. The van der Waals surface area contributed by atoms with Gasteiger partial charge in [-0.25, -0.2) is 10.1 Å². The summed E-state index contributed by atoms with van der Waals surface area (Å²) in [7, 11) is 0. The second kappa shape index (κ2) is 5.92. The Morgan fingerprint density at radius 3 is 2.63 bits per heavy atom. The van der Waals surface area contributed by atoms with Crippen LogP contribution in [0.25, 0.3) is 0 Å². The fourth-order valence-electron chi connectivity index (χ4n) is 1.99. The highest BCUT2D eigenvalue weighted by Gasteiger charge is 2.12. The van der Waals surface area contributed by atoms with Crippen LogP contribution in [0.3, 0.4) is 0 Å². The van der Waals surface area contributed by atoms with Crippen LogP contribution >= 0.6 is 11.5 Å². The highest BCUT2D eigenvalue weighted by Crippen LogP contribution is 2.14. The molecule has 0 bridgehead atoms. The second-order valence-electron chi connectivity index (χ2n) is 4.16. The van der Waals surface area contributed by atoms with Gasteiger partial charge in [0.15, 0.2) is 0 Å². The molecule has 6 nitrogen and oxygen atoms in total. The van der Waals surface area contributed by atoms with Crippen LogP contribution in [0.4, 0.5) is 5.13 Å². The third kappa shape index (κ3) is 2.98. The molecule has 0 atom stereocenters. The van der Waals surface area contributed by atoms with E-state index in [0.29, 0.717) is 6.54 Å². The zero-order valence-corrected chi connectivity index (χ0v) is 12.1. The fourth-order valence-corrected chi connectivity index (χ4v) is 2.56. The minimum absolute atomic E-state index is 0.136. The zero-order chi connectivity index (χ0) is 13.8. The van der Waals surface area contributed by atoms with Gasteiger partial charge in [-0.15, -0.1) is 0 Å². The van der Waals surface area contributed by atoms with Gasteiger partial charge in [0.1, 0.15) is 5.82 Å². The minimum Gasteiger partial charge on any atom is -0.356 e. The van der Waals surface area contributed by atoms with Gasteiger partial charge in [0.25, 0.3) is 5.56 Å². The smallest absolute Gasteiger partial charge is 0.269 e. The molecule has 0 radical (unpaired) electrons. The minimum atomic E-state index is -0.136. The largest absolute Gasteiger partial charge is 0.356 e. The average molecular weight is 279 g/mol. The summed E-state index contributed by atoms with van der Waals surface area (Å²) in [5.74, 6) is 0.737. The van der Waals surface area contributed by atoms with Gasteiger partial charge < -0.3 is 5.32 Å². The Bertz CT molecular complexity index is 619. The van der Waals surface area contributed by atoms with Crippen molar-refractivity contribution in [3.05, 3.63) is 33.0 Å². The molecule has 102 valence electrons. The lowest BCUT2D eigenvalue weighted by Crippen LogP contribution is -2.22. The summed E-state index contributed by atoms with van der Waals surface area (Å²) in [5.41, 5.74) is 2.58. The number of H-pyrrole nitrogens is 1. The highest BCUT2D eigenvalue weighted by molar-refractivity contribution is 7.09. The first-order valence-electron chi connectivity index (χ1n) is 6.29. The summed E-state index contributed by atoms with van der Waals surface area (Å²) in [6.07, 6.45) is 1.61. The molecule has 0 spiro atoms. The van der Waals surface area contributed by atoms with E-state index in [9.17, 15) is 4.79 Å². The quantitative estimate of drug-likeness (QED) is 0.869. The van der Waals surface area contributed by atoms with Crippen molar-refractivity contribution in [2.45, 2.75) is 40.2 Å². The molecular weight excluding hydrogens is 262 g/mol. The SMILES string of the molecule is CCc1n[nH]c(=O)c(CNc2nc(C)ns2)c1CC. The Labute approximate surface area is 115 Å². The van der Waals surface area contributed by atoms with E-state index in [1.807, 2.05) is 20.8 Å². The first-order chi connectivity index (χ1) is 9.15. The van der Waals surface area contributed by atoms with Crippen LogP contribution in [-0.2, 0) is 19.4 Å². The summed E-state index contributed by atoms with van der Waals surface area (Å²) >= 11 is 1.30. The molecule has 2 aromatic rings. The van der Waals surface area contributed by atoms with Crippen LogP contribution in [0.5, 0.6) is 0 Å². The van der Waals surface area contributed by atoms with Gasteiger partial charge >= 0.3 is 0 Å². The average Bonchev–Trinajstić information content (AvgIpc) is 2.82. The van der Waals surface area contributed by atoms with E-state index in [1.54, 1.807) is 0 Å². The van der Waals surface area contributed by atoms with Gasteiger partial charge in [0.2, 0.25) is 5.13 Å². The summed E-state index contributed by atoms with van der Waals surface area (Å²) in [4.78, 5) is 16.1. The number of nitrogens with zero attached hydrogens (tertiary/aromatic N) is 3. The van der Waals surface area contributed by atoms with Crippen LogP contribution in [-0.4, -0.2) is 19.6 Å². The van der Waals surface area contributed by atoms with Crippen LogP contribution < -0.4 is 10.9 Å². The predicted octanol–water partition coefficient (Wildman–Crippen LogP) is 1.67. The van der Waals surface area contributed by atoms with Crippen molar-refractivity contribution in [3.63, 3.8) is 0 Å². The fraction of sp³-hybridized carbons (Fsp3) is 0.500. The molecule has 2 heterocycles. The summed E-state index contributed by atoms with van der Waals surface area (Å²) in [6, 6.07) is 0. The van der Waals surface area contributed by atoms with E-state index in [0.717, 1.165) is 40.6 Å². The van der Waals surface area contributed by atoms with Gasteiger partial charge in [-0.05, 0) is 25.3 Å². The number of aromatic amines is 1. The molecule has 0 fully saturated rings. The zero-order valence-electron chi connectivity index (χ0n) is 11.3. The van der Waals surface area contributed by atoms with E-state index < -0.39 is 0 Å². The number of anilines is 1. The number of rotatable bonds is 5. The topological polar surface area (TPSA) is 83.6 Å². The molecule has 7 heteroatoms. The Morgan fingerprint density at radius 2 is 2.05 bits per heavy atom. The molecule has 2 rings (SSSR count). The van der Waals surface area contributed by atoms with Crippen molar-refractivity contribution in [1.82, 2.24) is 19.6 Å². The lowest BCUT2D eigenvalue weighted by Gasteiger charge is -2.10. The first kappa shape index (κ1) is 13.7. The van der Waals surface area contributed by atoms with E-state index in [-0.39, 0.29) is 5.56 Å². The Morgan fingerprint density at radius 1 is 1.26 bits per heavy atom. The van der Waals surface area contributed by atoms with E-state index >= 15 is 0 Å². The number of aryl methyl sites for hydroxylation is 2. The van der Waals surface area contributed by atoms with Gasteiger partial charge in [-0.2, -0.15) is 9.47 Å². The Kier molecular flexibility index (Phi) is 4.26. The second-order valence-corrected chi connectivity index (χ2v) is 4.92. The third-order valence-electron chi connectivity index (χ3n) is 2.91. The monoisotopic (exact) mass is 279 g/mol. The van der Waals surface area contributed by atoms with Gasteiger partial charge in [0, 0.05) is 23.6 Å². The molecule has 0 aliphatic heterocycles. The summed E-state index contributed by atoms with van der Waals surface area (Å²) < 4.78 is 4.10. The summed E-state index contributed by atoms with van der Waals surface area (Å²) in [5, 5.41) is 10.5. The van der Waals surface area contributed by atoms with Crippen LogP contribution in [0, 0.1) is 6.92 Å². The maximum Gasteiger partial charge on any atom is 0.269 e. The summed E-state index contributed by atoms with van der Waals surface area (Å²) in [6.45, 7) is 6.36. The molecule has 0 aliphatic rings. The maximum absolute atomic E-state index is 11.9. The Balaban J connectivity index is 2.26. The molecule has 0 aromatic carbocycles. The van der Waals surface area contributed by atoms with E-state index in [1.165, 1.54) is 11.5 Å². The molecule has 0 saturated heterocycles. The van der Waals surface area contributed by atoms with Crippen LogP contribution in [0.1, 0.15) is 36.5 Å². The van der Waals surface area contributed by atoms with Crippen LogP contribution in [0.15, 0.2) is 4.79 Å². The van der Waals surface area contributed by atoms with Crippen molar-refractivity contribution >= 4 is 16.7 Å². The number of aromatic nitrogens is 4. The predicted molar refractivity (Wildman–Crippen MR) is 75.6 cm³/mol. The number of hydrogen-bond donors (Lipinski definition) is 2. The molecular formula is C12H17N5OS. The highest BCUT2D eigenvalue weighted by atomic mass is 32.1. The van der Waals surface area contributed by atoms with E-state index in [4.69, 9.17) is 0 Å². The van der Waals surface area contributed by atoms with Gasteiger partial charge in [-0.1, -0.05) is 13.8 Å². The van der Waals surface area contributed by atoms with Crippen molar-refractivity contribution in [3.8, 4) is 0 Å². The number of hydrogen-bond acceptors (Lipinski definition) is 6. The molecule has 0 saturated carbocycles. The molecule has 2 N–H and O–H groups in total. The van der Waals surface area contributed by atoms with Crippen LogP contribution in [0.2, 0.25) is 0 Å². The Hall–Kier alpha value is -1.76. The van der Waals surface area contributed by atoms with Crippen molar-refractivity contribution in [2.75, 3.05) is 5.32 Å². The molecule has 2 aromatic heterocycles. The van der Waals surface area contributed by atoms with E-state index in [2.05, 4.69) is 24.9 Å². The van der Waals surface area contributed by atoms with Gasteiger partial charge in [-0.3, -0.25) is 4.79 Å². The standard InChI is InChI=1S/C12H17N5OS/c1-4-8-9(11(18)16-15-10(8)5-2)6-13-12-14-7(3)17-19-12/h4-6H2,1-3H3,(H,16,18)(H,13,14,17). The molecule has 0 amide bonds.